The number of hydrogen-bond acceptors (Lipinski definition) is 4. The molecule has 21 heavy (non-hydrogen) atoms. The molecule has 0 saturated carbocycles. The van der Waals surface area contributed by atoms with Crippen molar-refractivity contribution in [2.24, 2.45) is 0 Å². The first-order valence-electron chi connectivity index (χ1n) is 6.81. The van der Waals surface area contributed by atoms with E-state index in [4.69, 9.17) is 4.74 Å². The van der Waals surface area contributed by atoms with Crippen LogP contribution in [0.4, 0.5) is 16.2 Å². The maximum Gasteiger partial charge on any atom is 0.414 e. The number of benzene rings is 1. The van der Waals surface area contributed by atoms with Crippen molar-refractivity contribution in [3.63, 3.8) is 0 Å². The van der Waals surface area contributed by atoms with Crippen LogP contribution in [0.3, 0.4) is 0 Å². The summed E-state index contributed by atoms with van der Waals surface area (Å²) in [5.41, 5.74) is 0.578. The van der Waals surface area contributed by atoms with Crippen LogP contribution >= 0.6 is 0 Å². The van der Waals surface area contributed by atoms with Gasteiger partial charge in [0.15, 0.2) is 0 Å². The van der Waals surface area contributed by atoms with Gasteiger partial charge in [0.25, 0.3) is 5.69 Å². The molecule has 2 rings (SSSR count). The Kier molecular flexibility index (Phi) is 3.43. The lowest BCUT2D eigenvalue weighted by atomic mass is 9.87. The molecule has 0 N–H and O–H groups in total. The Labute approximate surface area is 123 Å². The van der Waals surface area contributed by atoms with Crippen LogP contribution in [0.15, 0.2) is 18.2 Å². The lowest BCUT2D eigenvalue weighted by Crippen LogP contribution is -2.38. The highest BCUT2D eigenvalue weighted by Crippen LogP contribution is 2.42. The van der Waals surface area contributed by atoms with Gasteiger partial charge < -0.3 is 4.74 Å². The highest BCUT2D eigenvalue weighted by atomic mass is 16.6. The predicted molar refractivity (Wildman–Crippen MR) is 79.7 cm³/mol. The highest BCUT2D eigenvalue weighted by Gasteiger charge is 2.40. The summed E-state index contributed by atoms with van der Waals surface area (Å²) in [6, 6.07) is 4.63. The van der Waals surface area contributed by atoms with E-state index in [1.807, 2.05) is 13.8 Å². The molecule has 0 bridgehead atoms. The predicted octanol–water partition coefficient (Wildman–Crippen LogP) is 3.63. The second kappa shape index (κ2) is 4.72. The molecule has 1 aromatic carbocycles. The molecule has 0 spiro atoms. The summed E-state index contributed by atoms with van der Waals surface area (Å²) in [4.78, 5) is 24.3. The van der Waals surface area contributed by atoms with Crippen molar-refractivity contribution in [3.8, 4) is 0 Å². The number of non-ortho nitro benzene ring substituents is 1. The molecular weight excluding hydrogens is 272 g/mol. The van der Waals surface area contributed by atoms with Crippen LogP contribution in [0.5, 0.6) is 0 Å². The van der Waals surface area contributed by atoms with Gasteiger partial charge in [0.05, 0.1) is 10.6 Å². The zero-order valence-corrected chi connectivity index (χ0v) is 13.0. The molecule has 0 atom stereocenters. The summed E-state index contributed by atoms with van der Waals surface area (Å²) in [6.07, 6.45) is -0.477. The van der Waals surface area contributed by atoms with E-state index in [0.29, 0.717) is 12.2 Å². The molecule has 1 aromatic rings. The van der Waals surface area contributed by atoms with E-state index in [0.717, 1.165) is 5.56 Å². The largest absolute Gasteiger partial charge is 0.443 e. The average molecular weight is 292 g/mol. The Morgan fingerprint density at radius 2 is 2.00 bits per heavy atom. The molecule has 1 heterocycles. The normalized spacial score (nSPS) is 16.5. The molecular formula is C15H20N2O4. The van der Waals surface area contributed by atoms with E-state index in [1.165, 1.54) is 17.0 Å². The lowest BCUT2D eigenvalue weighted by molar-refractivity contribution is -0.384. The van der Waals surface area contributed by atoms with Crippen LogP contribution < -0.4 is 4.90 Å². The first-order chi connectivity index (χ1) is 9.51. The maximum atomic E-state index is 12.3. The van der Waals surface area contributed by atoms with Gasteiger partial charge in [0.1, 0.15) is 5.60 Å². The van der Waals surface area contributed by atoms with Gasteiger partial charge in [0, 0.05) is 24.1 Å². The van der Waals surface area contributed by atoms with Gasteiger partial charge in [-0.15, -0.1) is 0 Å². The van der Waals surface area contributed by atoms with E-state index < -0.39 is 16.6 Å². The quantitative estimate of drug-likeness (QED) is 0.585. The van der Waals surface area contributed by atoms with Gasteiger partial charge in [-0.3, -0.25) is 15.0 Å². The summed E-state index contributed by atoms with van der Waals surface area (Å²) in [5.74, 6) is 0. The number of ether oxygens (including phenoxy) is 1. The lowest BCUT2D eigenvalue weighted by Gasteiger charge is -2.25. The van der Waals surface area contributed by atoms with Crippen molar-refractivity contribution in [3.05, 3.63) is 33.9 Å². The monoisotopic (exact) mass is 292 g/mol. The summed E-state index contributed by atoms with van der Waals surface area (Å²) in [6.45, 7) is 9.82. The fourth-order valence-corrected chi connectivity index (χ4v) is 2.47. The van der Waals surface area contributed by atoms with Gasteiger partial charge in [-0.2, -0.15) is 0 Å². The topological polar surface area (TPSA) is 72.7 Å². The molecule has 0 radical (unpaired) electrons. The molecule has 0 aromatic heterocycles. The SMILES string of the molecule is CC(C)(C)OC(=O)N1CC(C)(C)c2ccc([N+](=O)[O-])cc21. The number of nitro groups is 1. The second-order valence-electron chi connectivity index (χ2n) is 6.91. The van der Waals surface area contributed by atoms with E-state index in [2.05, 4.69) is 0 Å². The van der Waals surface area contributed by atoms with Crippen LogP contribution in [-0.2, 0) is 10.2 Å². The number of nitro benzene ring substituents is 1. The smallest absolute Gasteiger partial charge is 0.414 e. The van der Waals surface area contributed by atoms with E-state index >= 15 is 0 Å². The zero-order chi connectivity index (χ0) is 16.0. The minimum Gasteiger partial charge on any atom is -0.443 e. The first kappa shape index (κ1) is 15.3. The van der Waals surface area contributed by atoms with Crippen molar-refractivity contribution in [2.75, 3.05) is 11.4 Å². The molecule has 6 nitrogen and oxygen atoms in total. The third-order valence-electron chi connectivity index (χ3n) is 3.38. The first-order valence-corrected chi connectivity index (χ1v) is 6.81. The second-order valence-corrected chi connectivity index (χ2v) is 6.91. The fraction of sp³-hybridized carbons (Fsp3) is 0.533. The Bertz CT molecular complexity index is 602. The summed E-state index contributed by atoms with van der Waals surface area (Å²) in [5, 5.41) is 10.9. The van der Waals surface area contributed by atoms with Crippen LogP contribution in [-0.4, -0.2) is 23.2 Å². The Morgan fingerprint density at radius 3 is 2.52 bits per heavy atom. The van der Waals surface area contributed by atoms with Crippen LogP contribution in [0.1, 0.15) is 40.2 Å². The molecule has 1 aliphatic heterocycles. The number of fused-ring (bicyclic) bond motifs is 1. The highest BCUT2D eigenvalue weighted by molar-refractivity contribution is 5.92. The third-order valence-corrected chi connectivity index (χ3v) is 3.38. The molecule has 0 unspecified atom stereocenters. The standard InChI is InChI=1S/C15H20N2O4/c1-14(2,3)21-13(18)16-9-15(4,5)11-7-6-10(17(19)20)8-12(11)16/h6-8H,9H2,1-5H3. The van der Waals surface area contributed by atoms with E-state index in [1.54, 1.807) is 26.8 Å². The summed E-state index contributed by atoms with van der Waals surface area (Å²) >= 11 is 0. The van der Waals surface area contributed by atoms with Crippen molar-refractivity contribution in [1.82, 2.24) is 0 Å². The number of carbonyl (C=O) groups is 1. The molecule has 1 amide bonds. The van der Waals surface area contributed by atoms with E-state index in [9.17, 15) is 14.9 Å². The van der Waals surface area contributed by atoms with Crippen molar-refractivity contribution in [2.45, 2.75) is 45.6 Å². The molecule has 6 heteroatoms. The Hall–Kier alpha value is -2.11. The molecule has 0 aliphatic carbocycles. The number of nitrogens with zero attached hydrogens (tertiary/aromatic N) is 2. The third kappa shape index (κ3) is 2.99. The van der Waals surface area contributed by atoms with Crippen molar-refractivity contribution >= 4 is 17.5 Å². The minimum absolute atomic E-state index is 0.0278. The number of rotatable bonds is 1. The molecule has 1 aliphatic rings. The van der Waals surface area contributed by atoms with Crippen LogP contribution in [0.25, 0.3) is 0 Å². The minimum atomic E-state index is -0.606. The zero-order valence-electron chi connectivity index (χ0n) is 13.0. The van der Waals surface area contributed by atoms with Crippen molar-refractivity contribution in [1.29, 1.82) is 0 Å². The van der Waals surface area contributed by atoms with Crippen LogP contribution in [0, 0.1) is 10.1 Å². The Balaban J connectivity index is 2.43. The van der Waals surface area contributed by atoms with Crippen LogP contribution in [0.2, 0.25) is 0 Å². The molecule has 0 saturated heterocycles. The molecule has 0 fully saturated rings. The van der Waals surface area contributed by atoms with Gasteiger partial charge in [-0.25, -0.2) is 4.79 Å². The van der Waals surface area contributed by atoms with E-state index in [-0.39, 0.29) is 11.1 Å². The Morgan fingerprint density at radius 1 is 1.38 bits per heavy atom. The van der Waals surface area contributed by atoms with Gasteiger partial charge >= 0.3 is 6.09 Å². The van der Waals surface area contributed by atoms with Gasteiger partial charge in [-0.1, -0.05) is 13.8 Å². The fourth-order valence-electron chi connectivity index (χ4n) is 2.47. The number of hydrogen-bond donors (Lipinski definition) is 0. The average Bonchev–Trinajstić information content (AvgIpc) is 2.59. The molecule has 114 valence electrons. The van der Waals surface area contributed by atoms with Gasteiger partial charge in [0.2, 0.25) is 0 Å². The summed E-state index contributed by atoms with van der Waals surface area (Å²) in [7, 11) is 0. The number of carbonyl (C=O) groups excluding carboxylic acids is 1. The number of amides is 1. The van der Waals surface area contributed by atoms with Crippen molar-refractivity contribution < 1.29 is 14.5 Å². The summed E-state index contributed by atoms with van der Waals surface area (Å²) < 4.78 is 5.39. The maximum absolute atomic E-state index is 12.3. The van der Waals surface area contributed by atoms with Gasteiger partial charge in [-0.05, 0) is 32.4 Å². The number of anilines is 1.